The van der Waals surface area contributed by atoms with Crippen molar-refractivity contribution in [3.05, 3.63) is 70.8 Å². The number of aliphatic carboxylic acids is 1. The summed E-state index contributed by atoms with van der Waals surface area (Å²) >= 11 is 0. The lowest BCUT2D eigenvalue weighted by Crippen LogP contribution is -2.45. The highest BCUT2D eigenvalue weighted by Crippen LogP contribution is 2.27. The molecule has 0 aliphatic heterocycles. The van der Waals surface area contributed by atoms with E-state index in [9.17, 15) is 19.5 Å². The third-order valence-corrected chi connectivity index (χ3v) is 6.06. The summed E-state index contributed by atoms with van der Waals surface area (Å²) in [6.07, 6.45) is 0. The van der Waals surface area contributed by atoms with Gasteiger partial charge in [0.2, 0.25) is 0 Å². The van der Waals surface area contributed by atoms with Crippen LogP contribution in [0.4, 0.5) is 16.2 Å². The molecule has 9 nitrogen and oxygen atoms in total. The van der Waals surface area contributed by atoms with E-state index in [-0.39, 0.29) is 24.5 Å². The van der Waals surface area contributed by atoms with E-state index in [1.165, 1.54) is 14.2 Å². The molecule has 0 spiro atoms. The number of likely N-dealkylation sites (N-methyl/N-ethyl adjacent to an activating group) is 1. The summed E-state index contributed by atoms with van der Waals surface area (Å²) in [5.41, 5.74) is 4.04. The molecule has 0 heterocycles. The highest BCUT2D eigenvalue weighted by atomic mass is 16.5. The van der Waals surface area contributed by atoms with Crippen LogP contribution in [0, 0.1) is 20.8 Å². The molecule has 0 aliphatic carbocycles. The Morgan fingerprint density at radius 1 is 0.946 bits per heavy atom. The number of benzene rings is 3. The lowest BCUT2D eigenvalue weighted by Gasteiger charge is -2.26. The van der Waals surface area contributed by atoms with Gasteiger partial charge in [-0.2, -0.15) is 0 Å². The van der Waals surface area contributed by atoms with Gasteiger partial charge in [-0.25, -0.2) is 9.59 Å². The van der Waals surface area contributed by atoms with Gasteiger partial charge in [-0.1, -0.05) is 42.0 Å². The van der Waals surface area contributed by atoms with Crippen molar-refractivity contribution in [3.63, 3.8) is 0 Å². The Hall–Kier alpha value is -3.95. The third-order valence-electron chi connectivity index (χ3n) is 6.06. The lowest BCUT2D eigenvalue weighted by molar-refractivity contribution is -0.144. The molecule has 3 N–H and O–H groups in total. The molecule has 0 fully saturated rings. The largest absolute Gasteiger partial charge is 0.480 e. The smallest absolute Gasteiger partial charge is 0.328 e. The van der Waals surface area contributed by atoms with E-state index in [0.717, 1.165) is 32.4 Å². The first-order valence-electron chi connectivity index (χ1n) is 11.9. The first-order valence-corrected chi connectivity index (χ1v) is 11.9. The zero-order chi connectivity index (χ0) is 27.1. The number of nitrogens with zero attached hydrogens (tertiary/aromatic N) is 1. The van der Waals surface area contributed by atoms with Gasteiger partial charge >= 0.3 is 12.0 Å². The number of carboxylic acids is 1. The number of ether oxygens (including phenoxy) is 2. The first kappa shape index (κ1) is 27.6. The monoisotopic (exact) mass is 507 g/mol. The zero-order valence-electron chi connectivity index (χ0n) is 21.8. The van der Waals surface area contributed by atoms with Gasteiger partial charge in [-0.15, -0.1) is 0 Å². The summed E-state index contributed by atoms with van der Waals surface area (Å²) in [5, 5.41) is 17.0. The maximum absolute atomic E-state index is 13.5. The van der Waals surface area contributed by atoms with Gasteiger partial charge in [0.1, 0.15) is 0 Å². The van der Waals surface area contributed by atoms with Crippen molar-refractivity contribution in [1.82, 2.24) is 4.90 Å². The second-order valence-corrected chi connectivity index (χ2v) is 8.94. The van der Waals surface area contributed by atoms with Crippen molar-refractivity contribution < 1.29 is 29.0 Å². The fourth-order valence-corrected chi connectivity index (χ4v) is 4.18. The summed E-state index contributed by atoms with van der Waals surface area (Å²) in [7, 11) is 2.92. The summed E-state index contributed by atoms with van der Waals surface area (Å²) in [6.45, 7) is 6.11. The van der Waals surface area contributed by atoms with Crippen molar-refractivity contribution in [3.8, 4) is 0 Å². The van der Waals surface area contributed by atoms with Crippen molar-refractivity contribution >= 4 is 40.1 Å². The van der Waals surface area contributed by atoms with Gasteiger partial charge in [-0.05, 0) is 54.8 Å². The van der Waals surface area contributed by atoms with Crippen LogP contribution in [-0.4, -0.2) is 67.9 Å². The van der Waals surface area contributed by atoms with Crippen LogP contribution in [0.3, 0.4) is 0 Å². The van der Waals surface area contributed by atoms with Crippen LogP contribution < -0.4 is 10.6 Å². The lowest BCUT2D eigenvalue weighted by atomic mass is 10.0. The van der Waals surface area contributed by atoms with Crippen LogP contribution in [0.2, 0.25) is 0 Å². The molecule has 0 bridgehead atoms. The SMILES string of the molecule is COCCOCC(C(=O)O)N(C)C(=O)c1cc2ccccc2cc1NC(=O)Nc1c(C)cc(C)cc1C. The highest BCUT2D eigenvalue weighted by molar-refractivity contribution is 6.10. The van der Waals surface area contributed by atoms with Crippen LogP contribution >= 0.6 is 0 Å². The highest BCUT2D eigenvalue weighted by Gasteiger charge is 2.29. The molecule has 9 heteroatoms. The average Bonchev–Trinajstić information content (AvgIpc) is 2.84. The summed E-state index contributed by atoms with van der Waals surface area (Å²) in [5.74, 6) is -1.77. The molecule has 0 saturated heterocycles. The number of carboxylic acid groups (broad SMARTS) is 1. The molecule has 0 radical (unpaired) electrons. The number of hydrogen-bond acceptors (Lipinski definition) is 5. The standard InChI is InChI=1S/C28H33N3O6/c1-17-12-18(2)25(19(3)13-17)30-28(35)29-23-15-21-9-7-6-8-20(21)14-22(23)26(32)31(4)24(27(33)34)16-37-11-10-36-5/h6-9,12-15,24H,10-11,16H2,1-5H3,(H,33,34)(H2,29,30,35). The number of anilines is 2. The molecule has 37 heavy (non-hydrogen) atoms. The normalized spacial score (nSPS) is 11.7. The molecule has 1 atom stereocenters. The second kappa shape index (κ2) is 12.3. The van der Waals surface area contributed by atoms with Gasteiger partial charge in [-0.3, -0.25) is 4.79 Å². The third kappa shape index (κ3) is 6.84. The van der Waals surface area contributed by atoms with Gasteiger partial charge in [0.05, 0.1) is 31.1 Å². The van der Waals surface area contributed by atoms with Crippen LogP contribution in [0.1, 0.15) is 27.0 Å². The van der Waals surface area contributed by atoms with E-state index in [2.05, 4.69) is 10.6 Å². The number of rotatable bonds is 10. The van der Waals surface area contributed by atoms with E-state index in [1.807, 2.05) is 57.2 Å². The summed E-state index contributed by atoms with van der Waals surface area (Å²) in [4.78, 5) is 39.6. The topological polar surface area (TPSA) is 117 Å². The number of nitrogens with one attached hydrogen (secondary N) is 2. The fraction of sp³-hybridized carbons (Fsp3) is 0.321. The number of methoxy groups -OCH3 is 1. The number of fused-ring (bicyclic) bond motifs is 1. The Morgan fingerprint density at radius 3 is 2.16 bits per heavy atom. The Morgan fingerprint density at radius 2 is 1.57 bits per heavy atom. The molecule has 0 aliphatic rings. The molecule has 1 unspecified atom stereocenters. The van der Waals surface area contributed by atoms with Crippen LogP contribution in [0.5, 0.6) is 0 Å². The van der Waals surface area contributed by atoms with Gasteiger partial charge < -0.3 is 30.1 Å². The molecular formula is C28H33N3O6. The Bertz CT molecular complexity index is 1280. The Labute approximate surface area is 216 Å². The second-order valence-electron chi connectivity index (χ2n) is 8.94. The van der Waals surface area contributed by atoms with E-state index in [1.54, 1.807) is 12.1 Å². The minimum absolute atomic E-state index is 0.164. The van der Waals surface area contributed by atoms with Gasteiger partial charge in [0.15, 0.2) is 6.04 Å². The summed E-state index contributed by atoms with van der Waals surface area (Å²) in [6, 6.07) is 13.0. The Balaban J connectivity index is 1.92. The number of hydrogen-bond donors (Lipinski definition) is 3. The number of amides is 3. The molecule has 3 aromatic carbocycles. The predicted octanol–water partition coefficient (Wildman–Crippen LogP) is 4.60. The first-order chi connectivity index (χ1) is 17.6. The zero-order valence-corrected chi connectivity index (χ0v) is 21.8. The van der Waals surface area contributed by atoms with Crippen LogP contribution in [0.15, 0.2) is 48.5 Å². The predicted molar refractivity (Wildman–Crippen MR) is 143 cm³/mol. The van der Waals surface area contributed by atoms with E-state index in [0.29, 0.717) is 12.3 Å². The average molecular weight is 508 g/mol. The maximum Gasteiger partial charge on any atom is 0.328 e. The molecular weight excluding hydrogens is 474 g/mol. The maximum atomic E-state index is 13.5. The van der Waals surface area contributed by atoms with E-state index in [4.69, 9.17) is 9.47 Å². The van der Waals surface area contributed by atoms with Gasteiger partial charge in [0.25, 0.3) is 5.91 Å². The van der Waals surface area contributed by atoms with Crippen molar-refractivity contribution in [2.75, 3.05) is 44.6 Å². The van der Waals surface area contributed by atoms with E-state index >= 15 is 0 Å². The number of carbonyl (C=O) groups excluding carboxylic acids is 2. The number of urea groups is 1. The minimum atomic E-state index is -1.23. The molecule has 0 aromatic heterocycles. The molecule has 0 saturated carbocycles. The quantitative estimate of drug-likeness (QED) is 0.346. The summed E-state index contributed by atoms with van der Waals surface area (Å²) < 4.78 is 10.3. The number of aryl methyl sites for hydroxylation is 3. The van der Waals surface area contributed by atoms with Crippen LogP contribution in [-0.2, 0) is 14.3 Å². The van der Waals surface area contributed by atoms with E-state index < -0.39 is 23.9 Å². The number of carbonyl (C=O) groups is 3. The Kier molecular flexibility index (Phi) is 9.21. The molecule has 3 amide bonds. The van der Waals surface area contributed by atoms with Crippen molar-refractivity contribution in [1.29, 1.82) is 0 Å². The molecule has 3 rings (SSSR count). The van der Waals surface area contributed by atoms with Gasteiger partial charge in [0, 0.05) is 19.8 Å². The molecule has 3 aromatic rings. The van der Waals surface area contributed by atoms with Crippen molar-refractivity contribution in [2.45, 2.75) is 26.8 Å². The van der Waals surface area contributed by atoms with Crippen LogP contribution in [0.25, 0.3) is 10.8 Å². The molecule has 196 valence electrons. The fourth-order valence-electron chi connectivity index (χ4n) is 4.18. The minimum Gasteiger partial charge on any atom is -0.480 e. The van der Waals surface area contributed by atoms with Crippen molar-refractivity contribution in [2.24, 2.45) is 0 Å².